The van der Waals surface area contributed by atoms with Gasteiger partial charge in [0, 0.05) is 37.0 Å². The Morgan fingerprint density at radius 1 is 1.18 bits per heavy atom. The maximum atomic E-state index is 13.2. The maximum Gasteiger partial charge on any atom is 0.573 e. The van der Waals surface area contributed by atoms with Gasteiger partial charge in [-0.15, -0.1) is 13.2 Å². The van der Waals surface area contributed by atoms with Gasteiger partial charge in [0.15, 0.2) is 0 Å². The highest BCUT2D eigenvalue weighted by Gasteiger charge is 2.33. The molecule has 8 nitrogen and oxygen atoms in total. The minimum Gasteiger partial charge on any atom is -0.465 e. The number of alkyl halides is 3. The molecule has 2 heterocycles. The monoisotopic (exact) mass is 530 g/mol. The van der Waals surface area contributed by atoms with Crippen molar-refractivity contribution in [1.82, 2.24) is 20.1 Å². The summed E-state index contributed by atoms with van der Waals surface area (Å²) in [4.78, 5) is 26.0. The largest absolute Gasteiger partial charge is 0.573 e. The van der Waals surface area contributed by atoms with Gasteiger partial charge < -0.3 is 29.9 Å². The fourth-order valence-electron chi connectivity index (χ4n) is 4.72. The molecule has 11 heteroatoms. The molecule has 0 unspecified atom stereocenters. The molecule has 4 rings (SSSR count). The molecule has 1 aliphatic rings. The van der Waals surface area contributed by atoms with Gasteiger partial charge in [0.05, 0.1) is 6.04 Å². The van der Waals surface area contributed by atoms with E-state index < -0.39 is 12.5 Å². The number of fused-ring (bicyclic) bond motifs is 1. The standard InChI is InChI=1S/C27H29F3N4O4/c1-33(2)15-17-8-10-18(11-9-17)23-22(19-5-3-7-21(13-19)38-27(28,29)30)16-34-20(6-4-12-31-26(36)37)14-32-25(35)24(23)34/h3,5,7-11,13,16,20,31H,4,6,12,14-15H2,1-2H3,(H,32,35)(H,36,37)/t20-/m0/s1. The zero-order valence-electron chi connectivity index (χ0n) is 21.0. The number of hydrogen-bond acceptors (Lipinski definition) is 4. The molecule has 38 heavy (non-hydrogen) atoms. The van der Waals surface area contributed by atoms with Gasteiger partial charge in [-0.25, -0.2) is 4.79 Å². The quantitative estimate of drug-likeness (QED) is 0.334. The number of nitrogens with zero attached hydrogens (tertiary/aromatic N) is 2. The highest BCUT2D eigenvalue weighted by Crippen LogP contribution is 2.41. The summed E-state index contributed by atoms with van der Waals surface area (Å²) >= 11 is 0. The molecule has 0 aliphatic carbocycles. The Morgan fingerprint density at radius 3 is 2.58 bits per heavy atom. The van der Waals surface area contributed by atoms with Crippen molar-refractivity contribution in [2.24, 2.45) is 0 Å². The van der Waals surface area contributed by atoms with E-state index in [4.69, 9.17) is 5.11 Å². The Bertz CT molecular complexity index is 1300. The summed E-state index contributed by atoms with van der Waals surface area (Å²) in [6.07, 6.45) is -3.02. The number of aromatic nitrogens is 1. The van der Waals surface area contributed by atoms with Crippen LogP contribution in [-0.2, 0) is 6.54 Å². The summed E-state index contributed by atoms with van der Waals surface area (Å²) in [7, 11) is 3.92. The van der Waals surface area contributed by atoms with Crippen LogP contribution >= 0.6 is 0 Å². The minimum absolute atomic E-state index is 0.159. The second kappa shape index (κ2) is 11.2. The summed E-state index contributed by atoms with van der Waals surface area (Å²) in [5.41, 5.74) is 3.91. The van der Waals surface area contributed by atoms with Gasteiger partial charge in [-0.1, -0.05) is 36.4 Å². The highest BCUT2D eigenvalue weighted by atomic mass is 19.4. The third kappa shape index (κ3) is 6.46. The van der Waals surface area contributed by atoms with E-state index in [1.54, 1.807) is 12.3 Å². The van der Waals surface area contributed by atoms with Gasteiger partial charge in [0.25, 0.3) is 5.91 Å². The first kappa shape index (κ1) is 27.1. The average molecular weight is 531 g/mol. The van der Waals surface area contributed by atoms with Gasteiger partial charge >= 0.3 is 12.5 Å². The average Bonchev–Trinajstić information content (AvgIpc) is 3.24. The Kier molecular flexibility index (Phi) is 7.96. The molecular formula is C27H29F3N4O4. The van der Waals surface area contributed by atoms with Crippen LogP contribution in [-0.4, -0.2) is 60.1 Å². The van der Waals surface area contributed by atoms with Crippen LogP contribution in [0.3, 0.4) is 0 Å². The van der Waals surface area contributed by atoms with Crippen LogP contribution in [0.15, 0.2) is 54.7 Å². The van der Waals surface area contributed by atoms with Crippen molar-refractivity contribution >= 4 is 12.0 Å². The molecule has 2 aromatic carbocycles. The first-order valence-corrected chi connectivity index (χ1v) is 12.1. The molecule has 0 saturated heterocycles. The highest BCUT2D eigenvalue weighted by molar-refractivity contribution is 6.04. The third-order valence-corrected chi connectivity index (χ3v) is 6.25. The van der Waals surface area contributed by atoms with Crippen molar-refractivity contribution in [3.63, 3.8) is 0 Å². The number of carbonyl (C=O) groups excluding carboxylic acids is 1. The van der Waals surface area contributed by atoms with Gasteiger partial charge in [-0.2, -0.15) is 0 Å². The van der Waals surface area contributed by atoms with E-state index >= 15 is 0 Å². The maximum absolute atomic E-state index is 13.2. The van der Waals surface area contributed by atoms with Gasteiger partial charge in [-0.05, 0) is 55.8 Å². The summed E-state index contributed by atoms with van der Waals surface area (Å²) < 4.78 is 44.7. The predicted octanol–water partition coefficient (Wildman–Crippen LogP) is 5.11. The van der Waals surface area contributed by atoms with Crippen molar-refractivity contribution in [2.75, 3.05) is 27.2 Å². The molecule has 3 aromatic rings. The lowest BCUT2D eigenvalue weighted by atomic mass is 9.95. The minimum atomic E-state index is -4.83. The normalized spacial score (nSPS) is 15.2. The van der Waals surface area contributed by atoms with E-state index in [2.05, 4.69) is 15.4 Å². The molecule has 0 spiro atoms. The van der Waals surface area contributed by atoms with Gasteiger partial charge in [0.1, 0.15) is 11.4 Å². The third-order valence-electron chi connectivity index (χ3n) is 6.25. The topological polar surface area (TPSA) is 95.8 Å². The van der Waals surface area contributed by atoms with E-state index in [-0.39, 0.29) is 24.2 Å². The molecule has 0 saturated carbocycles. The lowest BCUT2D eigenvalue weighted by molar-refractivity contribution is -0.274. The van der Waals surface area contributed by atoms with Crippen LogP contribution in [0, 0.1) is 0 Å². The number of nitrogens with one attached hydrogen (secondary N) is 2. The molecule has 1 aromatic heterocycles. The number of carboxylic acid groups (broad SMARTS) is 1. The summed E-state index contributed by atoms with van der Waals surface area (Å²) in [5.74, 6) is -0.640. The molecule has 0 radical (unpaired) electrons. The number of ether oxygens (including phenoxy) is 1. The van der Waals surface area contributed by atoms with Crippen LogP contribution in [0.25, 0.3) is 22.3 Å². The second-order valence-electron chi connectivity index (χ2n) is 9.42. The summed E-state index contributed by atoms with van der Waals surface area (Å²) in [6.45, 7) is 1.34. The number of rotatable bonds is 9. The van der Waals surface area contributed by atoms with Crippen LogP contribution in [0.2, 0.25) is 0 Å². The fraction of sp³-hybridized carbons (Fsp3) is 0.333. The van der Waals surface area contributed by atoms with E-state index in [9.17, 15) is 22.8 Å². The Labute approximate surface area is 218 Å². The molecule has 1 atom stereocenters. The number of benzene rings is 2. The molecule has 0 bridgehead atoms. The SMILES string of the molecule is CN(C)Cc1ccc(-c2c(-c3cccc(OC(F)(F)F)c3)cn3c2C(=O)NC[C@@H]3CCCNC(=O)O)cc1. The summed E-state index contributed by atoms with van der Waals surface area (Å²) in [6, 6.07) is 13.3. The number of amides is 2. The Balaban J connectivity index is 1.79. The van der Waals surface area contributed by atoms with Crippen molar-refractivity contribution < 1.29 is 32.6 Å². The zero-order chi connectivity index (χ0) is 27.4. The van der Waals surface area contributed by atoms with Gasteiger partial charge in [0.2, 0.25) is 0 Å². The number of halogens is 3. The smallest absolute Gasteiger partial charge is 0.465 e. The van der Waals surface area contributed by atoms with Crippen molar-refractivity contribution in [3.8, 4) is 28.0 Å². The van der Waals surface area contributed by atoms with Gasteiger partial charge in [-0.3, -0.25) is 4.79 Å². The van der Waals surface area contributed by atoms with Crippen LogP contribution < -0.4 is 15.4 Å². The Hall–Kier alpha value is -3.99. The first-order chi connectivity index (χ1) is 18.0. The molecule has 0 fully saturated rings. The van der Waals surface area contributed by atoms with Crippen LogP contribution in [0.4, 0.5) is 18.0 Å². The van der Waals surface area contributed by atoms with Crippen molar-refractivity contribution in [1.29, 1.82) is 0 Å². The number of hydrogen-bond donors (Lipinski definition) is 3. The van der Waals surface area contributed by atoms with E-state index in [1.165, 1.54) is 18.2 Å². The van der Waals surface area contributed by atoms with E-state index in [0.29, 0.717) is 41.8 Å². The second-order valence-corrected chi connectivity index (χ2v) is 9.42. The fourth-order valence-corrected chi connectivity index (χ4v) is 4.72. The predicted molar refractivity (Wildman–Crippen MR) is 136 cm³/mol. The molecule has 2 amide bonds. The van der Waals surface area contributed by atoms with Crippen LogP contribution in [0.5, 0.6) is 5.75 Å². The first-order valence-electron chi connectivity index (χ1n) is 12.1. The van der Waals surface area contributed by atoms with Crippen molar-refractivity contribution in [3.05, 3.63) is 66.0 Å². The summed E-state index contributed by atoms with van der Waals surface area (Å²) in [5, 5.41) is 14.1. The molecule has 3 N–H and O–H groups in total. The van der Waals surface area contributed by atoms with E-state index in [0.717, 1.165) is 17.7 Å². The lowest BCUT2D eigenvalue weighted by Gasteiger charge is -2.27. The lowest BCUT2D eigenvalue weighted by Crippen LogP contribution is -2.39. The zero-order valence-corrected chi connectivity index (χ0v) is 21.0. The number of carbonyl (C=O) groups is 2. The Morgan fingerprint density at radius 2 is 1.92 bits per heavy atom. The van der Waals surface area contributed by atoms with Crippen LogP contribution in [0.1, 0.15) is 34.9 Å². The molecule has 202 valence electrons. The molecule has 1 aliphatic heterocycles. The van der Waals surface area contributed by atoms with Crippen molar-refractivity contribution in [2.45, 2.75) is 31.8 Å². The van der Waals surface area contributed by atoms with E-state index in [1.807, 2.05) is 47.8 Å². The molecular weight excluding hydrogens is 501 g/mol.